The number of halogens is 1. The first-order valence-corrected chi connectivity index (χ1v) is 7.59. The summed E-state index contributed by atoms with van der Waals surface area (Å²) in [5.41, 5.74) is 0.387. The molecule has 1 amide bonds. The van der Waals surface area contributed by atoms with E-state index in [9.17, 15) is 4.79 Å². The quantitative estimate of drug-likeness (QED) is 0.939. The highest BCUT2D eigenvalue weighted by molar-refractivity contribution is 7.15. The number of hydrogen-bond donors (Lipinski definition) is 1. The van der Waals surface area contributed by atoms with Crippen LogP contribution in [0.2, 0.25) is 5.02 Å². The largest absolute Gasteiger partial charge is 0.486 e. The molecule has 1 aromatic carbocycles. The normalized spacial score (nSPS) is 13.0. The second kappa shape index (κ2) is 5.87. The highest BCUT2D eigenvalue weighted by Crippen LogP contribution is 2.38. The summed E-state index contributed by atoms with van der Waals surface area (Å²) in [5.74, 6) is 0.640. The van der Waals surface area contributed by atoms with Gasteiger partial charge in [0.2, 0.25) is 5.13 Å². The van der Waals surface area contributed by atoms with Crippen LogP contribution >= 0.6 is 22.9 Å². The number of aryl methyl sites for hydroxylation is 1. The van der Waals surface area contributed by atoms with Crippen LogP contribution in [0.25, 0.3) is 0 Å². The molecule has 1 aliphatic rings. The third-order valence-corrected chi connectivity index (χ3v) is 4.11. The molecule has 0 spiro atoms. The number of carbonyl (C=O) groups excluding carboxylic acids is 1. The summed E-state index contributed by atoms with van der Waals surface area (Å²) in [6.07, 6.45) is 0.781. The van der Waals surface area contributed by atoms with Gasteiger partial charge in [-0.2, -0.15) is 0 Å². The third-order valence-electron chi connectivity index (χ3n) is 2.85. The van der Waals surface area contributed by atoms with Gasteiger partial charge in [0.25, 0.3) is 5.91 Å². The number of nitrogens with zero attached hydrogens (tertiary/aromatic N) is 2. The second-order valence-electron chi connectivity index (χ2n) is 4.29. The molecular weight excluding hydrogens is 314 g/mol. The number of ether oxygens (including phenoxy) is 2. The van der Waals surface area contributed by atoms with Crippen LogP contribution in [0.1, 0.15) is 22.3 Å². The number of fused-ring (bicyclic) bond motifs is 1. The van der Waals surface area contributed by atoms with Crippen molar-refractivity contribution in [2.24, 2.45) is 0 Å². The Hall–Kier alpha value is -1.86. The van der Waals surface area contributed by atoms with Crippen LogP contribution in [0.4, 0.5) is 5.13 Å². The molecule has 0 radical (unpaired) electrons. The van der Waals surface area contributed by atoms with Crippen LogP contribution in [0.3, 0.4) is 0 Å². The molecule has 1 aliphatic heterocycles. The summed E-state index contributed by atoms with van der Waals surface area (Å²) in [7, 11) is 0. The molecule has 110 valence electrons. The Morgan fingerprint density at radius 1 is 1.38 bits per heavy atom. The Bertz CT molecular complexity index is 689. The Kier molecular flexibility index (Phi) is 3.94. The van der Waals surface area contributed by atoms with Crippen molar-refractivity contribution in [3.8, 4) is 11.5 Å². The van der Waals surface area contributed by atoms with Crippen molar-refractivity contribution < 1.29 is 14.3 Å². The zero-order valence-electron chi connectivity index (χ0n) is 11.2. The van der Waals surface area contributed by atoms with Crippen LogP contribution in [0.15, 0.2) is 12.1 Å². The lowest BCUT2D eigenvalue weighted by atomic mass is 10.2. The first-order chi connectivity index (χ1) is 10.2. The van der Waals surface area contributed by atoms with E-state index < -0.39 is 0 Å². The maximum atomic E-state index is 12.2. The molecule has 0 fully saturated rings. The second-order valence-corrected chi connectivity index (χ2v) is 5.76. The summed E-state index contributed by atoms with van der Waals surface area (Å²) in [5, 5.41) is 12.2. The molecule has 21 heavy (non-hydrogen) atoms. The lowest BCUT2D eigenvalue weighted by Crippen LogP contribution is -2.17. The van der Waals surface area contributed by atoms with Crippen LogP contribution in [-0.2, 0) is 6.42 Å². The van der Waals surface area contributed by atoms with E-state index >= 15 is 0 Å². The molecule has 2 aromatic rings. The van der Waals surface area contributed by atoms with Gasteiger partial charge in [0, 0.05) is 5.56 Å². The maximum absolute atomic E-state index is 12.2. The van der Waals surface area contributed by atoms with E-state index in [4.69, 9.17) is 21.1 Å². The zero-order chi connectivity index (χ0) is 14.8. The third kappa shape index (κ3) is 2.93. The van der Waals surface area contributed by atoms with E-state index in [0.717, 1.165) is 11.4 Å². The number of nitrogens with one attached hydrogen (secondary N) is 1. The first kappa shape index (κ1) is 14.1. The van der Waals surface area contributed by atoms with Crippen LogP contribution in [0, 0.1) is 0 Å². The lowest BCUT2D eigenvalue weighted by molar-refractivity contribution is 0.102. The van der Waals surface area contributed by atoms with E-state index in [1.807, 2.05) is 6.92 Å². The summed E-state index contributed by atoms with van der Waals surface area (Å²) in [6, 6.07) is 3.16. The Labute approximate surface area is 130 Å². The van der Waals surface area contributed by atoms with Crippen molar-refractivity contribution in [2.75, 3.05) is 18.5 Å². The fourth-order valence-electron chi connectivity index (χ4n) is 1.86. The first-order valence-electron chi connectivity index (χ1n) is 6.40. The molecule has 0 aliphatic carbocycles. The molecule has 6 nitrogen and oxygen atoms in total. The summed E-state index contributed by atoms with van der Waals surface area (Å²) >= 11 is 7.46. The molecule has 0 atom stereocenters. The van der Waals surface area contributed by atoms with Gasteiger partial charge < -0.3 is 9.47 Å². The topological polar surface area (TPSA) is 73.3 Å². The molecule has 2 heterocycles. The standard InChI is InChI=1S/C13H12ClN3O3S/c1-2-10-16-17-13(21-10)15-12(18)7-5-8(14)11-9(6-7)19-3-4-20-11/h5-6H,2-4H2,1H3,(H,15,17,18). The van der Waals surface area contributed by atoms with Gasteiger partial charge in [-0.05, 0) is 18.6 Å². The SMILES string of the molecule is CCc1nnc(NC(=O)c2cc(Cl)c3c(c2)OCCO3)s1. The van der Waals surface area contributed by atoms with Crippen LogP contribution < -0.4 is 14.8 Å². The van der Waals surface area contributed by atoms with E-state index in [-0.39, 0.29) is 5.91 Å². The van der Waals surface area contributed by atoms with Crippen molar-refractivity contribution in [3.63, 3.8) is 0 Å². The highest BCUT2D eigenvalue weighted by Gasteiger charge is 2.20. The van der Waals surface area contributed by atoms with Crippen molar-refractivity contribution >= 4 is 34.0 Å². The lowest BCUT2D eigenvalue weighted by Gasteiger charge is -2.20. The van der Waals surface area contributed by atoms with E-state index in [1.165, 1.54) is 11.3 Å². The molecule has 0 saturated heterocycles. The van der Waals surface area contributed by atoms with Gasteiger partial charge in [0.15, 0.2) is 11.5 Å². The molecule has 0 saturated carbocycles. The number of carbonyl (C=O) groups is 1. The van der Waals surface area contributed by atoms with Gasteiger partial charge in [-0.3, -0.25) is 10.1 Å². The molecule has 1 N–H and O–H groups in total. The van der Waals surface area contributed by atoms with Crippen molar-refractivity contribution in [1.29, 1.82) is 0 Å². The van der Waals surface area contributed by atoms with Crippen molar-refractivity contribution in [1.82, 2.24) is 10.2 Å². The predicted molar refractivity (Wildman–Crippen MR) is 79.7 cm³/mol. The zero-order valence-corrected chi connectivity index (χ0v) is 12.8. The van der Waals surface area contributed by atoms with E-state index in [0.29, 0.717) is 40.4 Å². The van der Waals surface area contributed by atoms with Crippen molar-refractivity contribution in [3.05, 3.63) is 27.7 Å². The fraction of sp³-hybridized carbons (Fsp3) is 0.308. The van der Waals surface area contributed by atoms with E-state index in [2.05, 4.69) is 15.5 Å². The average Bonchev–Trinajstić information content (AvgIpc) is 2.95. The molecule has 8 heteroatoms. The van der Waals surface area contributed by atoms with Gasteiger partial charge >= 0.3 is 0 Å². The predicted octanol–water partition coefficient (Wildman–Crippen LogP) is 2.78. The highest BCUT2D eigenvalue weighted by atomic mass is 35.5. The Morgan fingerprint density at radius 2 is 2.19 bits per heavy atom. The molecule has 3 rings (SSSR count). The molecule has 1 aromatic heterocycles. The van der Waals surface area contributed by atoms with Gasteiger partial charge in [-0.25, -0.2) is 0 Å². The molecular formula is C13H12ClN3O3S. The Morgan fingerprint density at radius 3 is 2.95 bits per heavy atom. The smallest absolute Gasteiger partial charge is 0.257 e. The van der Waals surface area contributed by atoms with Gasteiger partial charge in [-0.1, -0.05) is 29.9 Å². The monoisotopic (exact) mass is 325 g/mol. The van der Waals surface area contributed by atoms with Gasteiger partial charge in [0.1, 0.15) is 18.2 Å². The minimum Gasteiger partial charge on any atom is -0.486 e. The minimum absolute atomic E-state index is 0.312. The van der Waals surface area contributed by atoms with Crippen molar-refractivity contribution in [2.45, 2.75) is 13.3 Å². The number of anilines is 1. The number of hydrogen-bond acceptors (Lipinski definition) is 6. The number of aromatic nitrogens is 2. The average molecular weight is 326 g/mol. The number of rotatable bonds is 3. The number of benzene rings is 1. The minimum atomic E-state index is -0.312. The maximum Gasteiger partial charge on any atom is 0.257 e. The molecule has 0 unspecified atom stereocenters. The fourth-order valence-corrected chi connectivity index (χ4v) is 2.80. The van der Waals surface area contributed by atoms with Gasteiger partial charge in [-0.15, -0.1) is 10.2 Å². The van der Waals surface area contributed by atoms with Gasteiger partial charge in [0.05, 0.1) is 5.02 Å². The summed E-state index contributed by atoms with van der Waals surface area (Å²) in [4.78, 5) is 12.2. The summed E-state index contributed by atoms with van der Waals surface area (Å²) < 4.78 is 10.9. The molecule has 0 bridgehead atoms. The Balaban J connectivity index is 1.82. The summed E-state index contributed by atoms with van der Waals surface area (Å²) in [6.45, 7) is 2.86. The van der Waals surface area contributed by atoms with E-state index in [1.54, 1.807) is 12.1 Å². The van der Waals surface area contributed by atoms with Crippen LogP contribution in [-0.4, -0.2) is 29.3 Å². The van der Waals surface area contributed by atoms with Crippen LogP contribution in [0.5, 0.6) is 11.5 Å². The number of amides is 1.